The number of carbonyl (C=O) groups excluding carboxylic acids is 1. The van der Waals surface area contributed by atoms with Crippen molar-refractivity contribution in [2.24, 2.45) is 5.92 Å². The summed E-state index contributed by atoms with van der Waals surface area (Å²) in [7, 11) is 0. The fourth-order valence-corrected chi connectivity index (χ4v) is 2.01. The molecule has 4 heteroatoms. The Morgan fingerprint density at radius 1 is 1.39 bits per heavy atom. The van der Waals surface area contributed by atoms with Crippen molar-refractivity contribution in [2.75, 3.05) is 0 Å². The molecule has 92 valence electrons. The normalized spacial score (nSPS) is 21.6. The topological polar surface area (TPSA) is 52.3 Å². The molecule has 3 rings (SSSR count). The Morgan fingerprint density at radius 2 is 2.33 bits per heavy atom. The Hall–Kier alpha value is -2.10. The van der Waals surface area contributed by atoms with Crippen molar-refractivity contribution in [3.63, 3.8) is 0 Å². The maximum atomic E-state index is 11.8. The number of pyridine rings is 1. The highest BCUT2D eigenvalue weighted by Gasteiger charge is 2.47. The molecule has 0 N–H and O–H groups in total. The van der Waals surface area contributed by atoms with Crippen LogP contribution in [0, 0.1) is 5.92 Å². The van der Waals surface area contributed by atoms with E-state index in [0.29, 0.717) is 0 Å². The van der Waals surface area contributed by atoms with Gasteiger partial charge in [0.15, 0.2) is 0 Å². The van der Waals surface area contributed by atoms with E-state index < -0.39 is 0 Å². The lowest BCUT2D eigenvalue weighted by molar-refractivity contribution is -0.146. The van der Waals surface area contributed by atoms with Gasteiger partial charge < -0.3 is 9.15 Å². The minimum atomic E-state index is -0.165. The number of carbonyl (C=O) groups is 1. The maximum absolute atomic E-state index is 11.8. The van der Waals surface area contributed by atoms with E-state index in [9.17, 15) is 4.79 Å². The van der Waals surface area contributed by atoms with Crippen molar-refractivity contribution in [3.05, 3.63) is 54.2 Å². The molecule has 1 aliphatic rings. The summed E-state index contributed by atoms with van der Waals surface area (Å²) in [6, 6.07) is 9.28. The summed E-state index contributed by atoms with van der Waals surface area (Å²) in [6.45, 7) is 0.237. The molecule has 2 atom stereocenters. The first-order chi connectivity index (χ1) is 8.84. The second-order valence-corrected chi connectivity index (χ2v) is 4.39. The molecule has 2 aromatic rings. The standard InChI is InChI=1S/C14H13NO3/c16-14(18-9-10-4-1-2-6-15-10)12-8-11(12)13-5-3-7-17-13/h1-7,11-12H,8-9H2. The number of aromatic nitrogens is 1. The smallest absolute Gasteiger partial charge is 0.310 e. The van der Waals surface area contributed by atoms with Crippen LogP contribution in [-0.2, 0) is 16.1 Å². The molecule has 0 amide bonds. The Bertz CT molecular complexity index is 521. The van der Waals surface area contributed by atoms with Crippen LogP contribution in [0.2, 0.25) is 0 Å². The summed E-state index contributed by atoms with van der Waals surface area (Å²) in [5, 5.41) is 0. The molecule has 0 spiro atoms. The molecule has 2 aromatic heterocycles. The fraction of sp³-hybridized carbons (Fsp3) is 0.286. The van der Waals surface area contributed by atoms with Crippen LogP contribution in [0.5, 0.6) is 0 Å². The third-order valence-electron chi connectivity index (χ3n) is 3.09. The Labute approximate surface area is 105 Å². The predicted octanol–water partition coefficient (Wildman–Crippen LogP) is 2.52. The predicted molar refractivity (Wildman–Crippen MR) is 63.6 cm³/mol. The summed E-state index contributed by atoms with van der Waals surface area (Å²) in [5.41, 5.74) is 0.765. The van der Waals surface area contributed by atoms with Crippen LogP contribution in [0.15, 0.2) is 47.2 Å². The minimum Gasteiger partial charge on any atom is -0.469 e. The maximum Gasteiger partial charge on any atom is 0.310 e. The van der Waals surface area contributed by atoms with Gasteiger partial charge in [0, 0.05) is 12.1 Å². The van der Waals surface area contributed by atoms with Crippen molar-refractivity contribution < 1.29 is 13.9 Å². The molecule has 1 aliphatic carbocycles. The molecule has 2 heterocycles. The van der Waals surface area contributed by atoms with Gasteiger partial charge in [-0.05, 0) is 30.7 Å². The van der Waals surface area contributed by atoms with Gasteiger partial charge in [-0.25, -0.2) is 0 Å². The fourth-order valence-electron chi connectivity index (χ4n) is 2.01. The number of hydrogen-bond donors (Lipinski definition) is 0. The molecule has 1 fully saturated rings. The number of ether oxygens (including phenoxy) is 1. The largest absolute Gasteiger partial charge is 0.469 e. The molecule has 18 heavy (non-hydrogen) atoms. The first-order valence-corrected chi connectivity index (χ1v) is 5.94. The van der Waals surface area contributed by atoms with Gasteiger partial charge >= 0.3 is 5.97 Å². The third kappa shape index (κ3) is 2.27. The van der Waals surface area contributed by atoms with Crippen molar-refractivity contribution in [3.8, 4) is 0 Å². The van der Waals surface area contributed by atoms with Gasteiger partial charge in [-0.3, -0.25) is 9.78 Å². The number of furan rings is 1. The quantitative estimate of drug-likeness (QED) is 0.774. The molecule has 0 aliphatic heterocycles. The van der Waals surface area contributed by atoms with Crippen LogP contribution >= 0.6 is 0 Å². The van der Waals surface area contributed by atoms with E-state index in [2.05, 4.69) is 4.98 Å². The molecule has 0 saturated heterocycles. The molecular formula is C14H13NO3. The van der Waals surface area contributed by atoms with Gasteiger partial charge in [-0.2, -0.15) is 0 Å². The van der Waals surface area contributed by atoms with Crippen LogP contribution in [0.25, 0.3) is 0 Å². The van der Waals surface area contributed by atoms with Crippen molar-refractivity contribution in [2.45, 2.75) is 18.9 Å². The van der Waals surface area contributed by atoms with Gasteiger partial charge in [0.25, 0.3) is 0 Å². The second-order valence-electron chi connectivity index (χ2n) is 4.39. The molecule has 0 bridgehead atoms. The molecule has 0 radical (unpaired) electrons. The van der Waals surface area contributed by atoms with Crippen molar-refractivity contribution >= 4 is 5.97 Å². The lowest BCUT2D eigenvalue weighted by atomic mass is 10.2. The minimum absolute atomic E-state index is 0.0557. The average Bonchev–Trinajstić information content (AvgIpc) is 3.03. The first kappa shape index (κ1) is 11.0. The van der Waals surface area contributed by atoms with E-state index in [1.807, 2.05) is 30.3 Å². The van der Waals surface area contributed by atoms with Gasteiger partial charge in [-0.15, -0.1) is 0 Å². The van der Waals surface area contributed by atoms with E-state index in [0.717, 1.165) is 17.9 Å². The van der Waals surface area contributed by atoms with Crippen LogP contribution < -0.4 is 0 Å². The van der Waals surface area contributed by atoms with E-state index in [1.165, 1.54) is 0 Å². The monoisotopic (exact) mass is 243 g/mol. The molecular weight excluding hydrogens is 230 g/mol. The summed E-state index contributed by atoms with van der Waals surface area (Å²) in [6.07, 6.45) is 4.13. The molecule has 1 saturated carbocycles. The Balaban J connectivity index is 1.52. The van der Waals surface area contributed by atoms with E-state index in [4.69, 9.17) is 9.15 Å². The zero-order valence-corrected chi connectivity index (χ0v) is 9.78. The number of nitrogens with zero attached hydrogens (tertiary/aromatic N) is 1. The first-order valence-electron chi connectivity index (χ1n) is 5.94. The Morgan fingerprint density at radius 3 is 3.06 bits per heavy atom. The summed E-state index contributed by atoms with van der Waals surface area (Å²) in [5.74, 6) is 0.841. The molecule has 2 unspecified atom stereocenters. The average molecular weight is 243 g/mol. The highest BCUT2D eigenvalue weighted by Crippen LogP contribution is 2.48. The number of rotatable bonds is 4. The highest BCUT2D eigenvalue weighted by molar-refractivity contribution is 5.77. The number of esters is 1. The van der Waals surface area contributed by atoms with E-state index in [1.54, 1.807) is 12.5 Å². The summed E-state index contributed by atoms with van der Waals surface area (Å²) in [4.78, 5) is 15.9. The summed E-state index contributed by atoms with van der Waals surface area (Å²) >= 11 is 0. The lowest BCUT2D eigenvalue weighted by Gasteiger charge is -2.03. The van der Waals surface area contributed by atoms with Gasteiger partial charge in [0.2, 0.25) is 0 Å². The van der Waals surface area contributed by atoms with Crippen LogP contribution in [0.4, 0.5) is 0 Å². The van der Waals surface area contributed by atoms with E-state index in [-0.39, 0.29) is 24.4 Å². The van der Waals surface area contributed by atoms with E-state index >= 15 is 0 Å². The third-order valence-corrected chi connectivity index (χ3v) is 3.09. The van der Waals surface area contributed by atoms with Crippen LogP contribution in [0.3, 0.4) is 0 Å². The van der Waals surface area contributed by atoms with Crippen molar-refractivity contribution in [1.29, 1.82) is 0 Å². The van der Waals surface area contributed by atoms with Crippen molar-refractivity contribution in [1.82, 2.24) is 4.98 Å². The zero-order chi connectivity index (χ0) is 12.4. The van der Waals surface area contributed by atoms with Crippen LogP contribution in [-0.4, -0.2) is 11.0 Å². The second kappa shape index (κ2) is 4.64. The molecule has 0 aromatic carbocycles. The lowest BCUT2D eigenvalue weighted by Crippen LogP contribution is -2.08. The zero-order valence-electron chi connectivity index (χ0n) is 9.78. The van der Waals surface area contributed by atoms with Gasteiger partial charge in [-0.1, -0.05) is 6.07 Å². The number of hydrogen-bond acceptors (Lipinski definition) is 4. The van der Waals surface area contributed by atoms with Gasteiger partial charge in [0.1, 0.15) is 12.4 Å². The highest BCUT2D eigenvalue weighted by atomic mass is 16.5. The summed E-state index contributed by atoms with van der Waals surface area (Å²) < 4.78 is 10.5. The van der Waals surface area contributed by atoms with Crippen LogP contribution in [0.1, 0.15) is 23.8 Å². The van der Waals surface area contributed by atoms with Gasteiger partial charge in [0.05, 0.1) is 17.9 Å². The SMILES string of the molecule is O=C(OCc1ccccn1)C1CC1c1ccco1. The Kier molecular flexibility index (Phi) is 2.84. The molecule has 4 nitrogen and oxygen atoms in total.